The third-order valence-corrected chi connectivity index (χ3v) is 3.09. The van der Waals surface area contributed by atoms with Gasteiger partial charge in [-0.25, -0.2) is 0 Å². The van der Waals surface area contributed by atoms with E-state index in [4.69, 9.17) is 17.0 Å². The molecule has 0 aliphatic carbocycles. The molecule has 0 saturated heterocycles. The molecule has 0 saturated carbocycles. The maximum Gasteiger partial charge on any atom is 0.173 e. The first-order valence-electron chi connectivity index (χ1n) is 6.31. The van der Waals surface area contributed by atoms with Gasteiger partial charge in [0.25, 0.3) is 0 Å². The first-order valence-corrected chi connectivity index (χ1v) is 6.72. The first kappa shape index (κ1) is 14.9. The lowest BCUT2D eigenvalue weighted by atomic mass is 10.2. The molecule has 0 aromatic heterocycles. The zero-order valence-electron chi connectivity index (χ0n) is 11.4. The summed E-state index contributed by atoms with van der Waals surface area (Å²) < 4.78 is 5.28. The molecule has 0 radical (unpaired) electrons. The lowest BCUT2D eigenvalue weighted by Gasteiger charge is -2.21. The maximum atomic E-state index is 5.34. The van der Waals surface area contributed by atoms with E-state index >= 15 is 0 Å². The molecule has 0 fully saturated rings. The Morgan fingerprint density at radius 2 is 2.00 bits per heavy atom. The number of ether oxygens (including phenoxy) is 1. The molecule has 1 rings (SSSR count). The molecule has 1 aromatic carbocycles. The Kier molecular flexibility index (Phi) is 6.68. The molecule has 1 aromatic rings. The lowest BCUT2D eigenvalue weighted by Crippen LogP contribution is -2.37. The Hall–Kier alpha value is -1.13. The molecule has 4 heteroatoms. The van der Waals surface area contributed by atoms with E-state index in [9.17, 15) is 0 Å². The fourth-order valence-electron chi connectivity index (χ4n) is 1.52. The monoisotopic (exact) mass is 266 g/mol. The molecular formula is C14H22N2OS. The van der Waals surface area contributed by atoms with Crippen molar-refractivity contribution in [1.82, 2.24) is 5.32 Å². The van der Waals surface area contributed by atoms with Crippen molar-refractivity contribution < 1.29 is 4.74 Å². The maximum absolute atomic E-state index is 5.34. The van der Waals surface area contributed by atoms with Gasteiger partial charge in [0.15, 0.2) is 5.11 Å². The van der Waals surface area contributed by atoms with Crippen LogP contribution in [0, 0.1) is 6.92 Å². The minimum atomic E-state index is 0.746. The number of thiocarbonyl (C=S) groups is 1. The molecule has 0 spiro atoms. The fourth-order valence-corrected chi connectivity index (χ4v) is 1.73. The fraction of sp³-hybridized carbons (Fsp3) is 0.500. The van der Waals surface area contributed by atoms with Crippen molar-refractivity contribution in [3.8, 4) is 0 Å². The molecule has 100 valence electrons. The number of nitrogens with one attached hydrogen (secondary N) is 1. The van der Waals surface area contributed by atoms with Gasteiger partial charge in [-0.05, 0) is 44.6 Å². The Balaban J connectivity index is 2.34. The summed E-state index contributed by atoms with van der Waals surface area (Å²) in [5, 5.41) is 3.98. The normalized spacial score (nSPS) is 10.2. The second-order valence-corrected chi connectivity index (χ2v) is 4.56. The van der Waals surface area contributed by atoms with E-state index in [1.165, 1.54) is 5.56 Å². The molecular weight excluding hydrogens is 244 g/mol. The number of anilines is 1. The molecule has 0 unspecified atom stereocenters. The van der Waals surface area contributed by atoms with E-state index < -0.39 is 0 Å². The highest BCUT2D eigenvalue weighted by Crippen LogP contribution is 2.13. The van der Waals surface area contributed by atoms with E-state index in [1.807, 2.05) is 18.9 Å². The van der Waals surface area contributed by atoms with Crippen molar-refractivity contribution in [2.45, 2.75) is 20.3 Å². The second kappa shape index (κ2) is 8.06. The minimum absolute atomic E-state index is 0.746. The minimum Gasteiger partial charge on any atom is -0.382 e. The topological polar surface area (TPSA) is 24.5 Å². The summed E-state index contributed by atoms with van der Waals surface area (Å²) in [7, 11) is 1.97. The van der Waals surface area contributed by atoms with Gasteiger partial charge in [0, 0.05) is 32.5 Å². The predicted octanol–water partition coefficient (Wildman–Crippen LogP) is 2.73. The Morgan fingerprint density at radius 3 is 2.61 bits per heavy atom. The highest BCUT2D eigenvalue weighted by atomic mass is 32.1. The van der Waals surface area contributed by atoms with E-state index in [0.29, 0.717) is 0 Å². The van der Waals surface area contributed by atoms with Crippen LogP contribution in [0.15, 0.2) is 24.3 Å². The third kappa shape index (κ3) is 5.02. The first-order chi connectivity index (χ1) is 8.65. The van der Waals surface area contributed by atoms with Gasteiger partial charge in [0.1, 0.15) is 0 Å². The van der Waals surface area contributed by atoms with Crippen LogP contribution in [-0.4, -0.2) is 31.9 Å². The average molecular weight is 266 g/mol. The molecule has 0 bridgehead atoms. The molecule has 1 N–H and O–H groups in total. The van der Waals surface area contributed by atoms with E-state index in [1.54, 1.807) is 0 Å². The Labute approximate surface area is 115 Å². The second-order valence-electron chi connectivity index (χ2n) is 4.18. The van der Waals surface area contributed by atoms with E-state index in [2.05, 4.69) is 36.5 Å². The van der Waals surface area contributed by atoms with Gasteiger partial charge in [-0.1, -0.05) is 17.7 Å². The number of nitrogens with zero attached hydrogens (tertiary/aromatic N) is 1. The van der Waals surface area contributed by atoms with Gasteiger partial charge in [-0.3, -0.25) is 0 Å². The Bertz CT molecular complexity index is 365. The highest BCUT2D eigenvalue weighted by molar-refractivity contribution is 7.80. The lowest BCUT2D eigenvalue weighted by molar-refractivity contribution is 0.146. The van der Waals surface area contributed by atoms with Crippen molar-refractivity contribution in [1.29, 1.82) is 0 Å². The van der Waals surface area contributed by atoms with Crippen LogP contribution in [0.4, 0.5) is 5.69 Å². The van der Waals surface area contributed by atoms with Crippen LogP contribution < -0.4 is 10.2 Å². The molecule has 0 amide bonds. The van der Waals surface area contributed by atoms with Gasteiger partial charge in [-0.15, -0.1) is 0 Å². The summed E-state index contributed by atoms with van der Waals surface area (Å²) in [5.41, 5.74) is 2.35. The number of hydrogen-bond donors (Lipinski definition) is 1. The van der Waals surface area contributed by atoms with Gasteiger partial charge >= 0.3 is 0 Å². The van der Waals surface area contributed by atoms with Crippen LogP contribution in [0.3, 0.4) is 0 Å². The smallest absolute Gasteiger partial charge is 0.173 e. The van der Waals surface area contributed by atoms with Crippen molar-refractivity contribution in [2.24, 2.45) is 0 Å². The summed E-state index contributed by atoms with van der Waals surface area (Å²) in [6.45, 7) is 6.47. The summed E-state index contributed by atoms with van der Waals surface area (Å²) in [4.78, 5) is 1.98. The Morgan fingerprint density at radius 1 is 1.33 bits per heavy atom. The number of benzene rings is 1. The van der Waals surface area contributed by atoms with Crippen LogP contribution in [0.5, 0.6) is 0 Å². The summed E-state index contributed by atoms with van der Waals surface area (Å²) in [5.74, 6) is 0. The van der Waals surface area contributed by atoms with Crippen molar-refractivity contribution in [3.63, 3.8) is 0 Å². The molecule has 3 nitrogen and oxygen atoms in total. The number of hydrogen-bond acceptors (Lipinski definition) is 2. The average Bonchev–Trinajstić information content (AvgIpc) is 2.38. The van der Waals surface area contributed by atoms with Crippen LogP contribution in [0.1, 0.15) is 18.9 Å². The summed E-state index contributed by atoms with van der Waals surface area (Å²) >= 11 is 5.34. The van der Waals surface area contributed by atoms with E-state index in [-0.39, 0.29) is 0 Å². The number of aryl methyl sites for hydroxylation is 1. The van der Waals surface area contributed by atoms with Crippen LogP contribution >= 0.6 is 12.2 Å². The molecule has 0 aliphatic heterocycles. The zero-order chi connectivity index (χ0) is 13.4. The number of rotatable bonds is 6. The quantitative estimate of drug-likeness (QED) is 0.632. The van der Waals surface area contributed by atoms with Crippen LogP contribution in [0.2, 0.25) is 0 Å². The van der Waals surface area contributed by atoms with Gasteiger partial charge in [0.05, 0.1) is 0 Å². The van der Waals surface area contributed by atoms with Gasteiger partial charge in [-0.2, -0.15) is 0 Å². The van der Waals surface area contributed by atoms with Crippen molar-refractivity contribution in [3.05, 3.63) is 29.8 Å². The molecule has 0 atom stereocenters. The highest BCUT2D eigenvalue weighted by Gasteiger charge is 2.05. The predicted molar refractivity (Wildman–Crippen MR) is 81.3 cm³/mol. The van der Waals surface area contributed by atoms with E-state index in [0.717, 1.165) is 37.0 Å². The zero-order valence-corrected chi connectivity index (χ0v) is 12.2. The molecule has 18 heavy (non-hydrogen) atoms. The standard InChI is InChI=1S/C14H22N2OS/c1-4-17-11-5-10-15-14(18)16(3)13-8-6-12(2)7-9-13/h6-9H,4-5,10-11H2,1-3H3,(H,15,18). The van der Waals surface area contributed by atoms with Crippen LogP contribution in [0.25, 0.3) is 0 Å². The van der Waals surface area contributed by atoms with Gasteiger partial charge < -0.3 is 15.0 Å². The van der Waals surface area contributed by atoms with Gasteiger partial charge in [0.2, 0.25) is 0 Å². The van der Waals surface area contributed by atoms with Crippen molar-refractivity contribution in [2.75, 3.05) is 31.7 Å². The third-order valence-electron chi connectivity index (χ3n) is 2.67. The van der Waals surface area contributed by atoms with Crippen molar-refractivity contribution >= 4 is 23.0 Å². The summed E-state index contributed by atoms with van der Waals surface area (Å²) in [6.07, 6.45) is 0.968. The molecule has 0 heterocycles. The summed E-state index contributed by atoms with van der Waals surface area (Å²) in [6, 6.07) is 8.32. The SMILES string of the molecule is CCOCCCNC(=S)N(C)c1ccc(C)cc1. The molecule has 0 aliphatic rings. The largest absolute Gasteiger partial charge is 0.382 e. The van der Waals surface area contributed by atoms with Crippen LogP contribution in [-0.2, 0) is 4.74 Å².